The van der Waals surface area contributed by atoms with Gasteiger partial charge in [0.05, 0.1) is 23.1 Å². The highest BCUT2D eigenvalue weighted by molar-refractivity contribution is 6.12. The number of anilines is 1. The number of carbonyl (C=O) groups is 1. The number of fused-ring (bicyclic) bond motifs is 1. The topological polar surface area (TPSA) is 124 Å². The number of carbonyl (C=O) groups excluding carboxylic acids is 1. The molecule has 4 heterocycles. The van der Waals surface area contributed by atoms with Gasteiger partial charge in [-0.2, -0.15) is 5.10 Å². The zero-order chi connectivity index (χ0) is 33.4. The Morgan fingerprint density at radius 3 is 2.48 bits per heavy atom. The first-order valence-corrected chi connectivity index (χ1v) is 16.0. The molecule has 48 heavy (non-hydrogen) atoms. The number of H-pyrrole nitrogens is 1. The first kappa shape index (κ1) is 31.1. The second-order valence-electron chi connectivity index (χ2n) is 12.4. The minimum absolute atomic E-state index is 0.0790. The molecule has 1 aliphatic heterocycles. The van der Waals surface area contributed by atoms with E-state index in [4.69, 9.17) is 15.2 Å². The maximum absolute atomic E-state index is 14.1. The second-order valence-corrected chi connectivity index (χ2v) is 12.4. The highest BCUT2D eigenvalue weighted by atomic mass is 19.1. The lowest BCUT2D eigenvalue weighted by molar-refractivity contribution is 0.0847. The lowest BCUT2D eigenvalue weighted by Crippen LogP contribution is -2.41. The molecule has 0 aliphatic carbocycles. The monoisotopic (exact) mass is 645 g/mol. The van der Waals surface area contributed by atoms with Crippen LogP contribution in [0.15, 0.2) is 85.6 Å². The number of ether oxygens (including phenoxy) is 2. The van der Waals surface area contributed by atoms with Crippen LogP contribution in [-0.2, 0) is 0 Å². The van der Waals surface area contributed by atoms with Crippen molar-refractivity contribution in [1.82, 2.24) is 29.6 Å². The number of nitrogens with zero attached hydrogens (tertiary/aromatic N) is 5. The first-order chi connectivity index (χ1) is 23.2. The summed E-state index contributed by atoms with van der Waals surface area (Å²) in [7, 11) is 0. The molecule has 3 aromatic carbocycles. The van der Waals surface area contributed by atoms with E-state index in [0.717, 1.165) is 59.3 Å². The maximum atomic E-state index is 14.1. The Morgan fingerprint density at radius 1 is 0.979 bits per heavy atom. The summed E-state index contributed by atoms with van der Waals surface area (Å²) >= 11 is 0. The number of halogens is 1. The Hall–Kier alpha value is -5.55. The van der Waals surface area contributed by atoms with E-state index in [1.807, 2.05) is 31.2 Å². The van der Waals surface area contributed by atoms with E-state index in [2.05, 4.69) is 38.8 Å². The molecule has 0 amide bonds. The van der Waals surface area contributed by atoms with E-state index < -0.39 is 5.82 Å². The van der Waals surface area contributed by atoms with E-state index >= 15 is 0 Å². The van der Waals surface area contributed by atoms with E-state index in [-0.39, 0.29) is 29.0 Å². The van der Waals surface area contributed by atoms with E-state index in [0.29, 0.717) is 23.2 Å². The molecule has 0 radical (unpaired) electrons. The molecule has 7 rings (SSSR count). The number of nitrogens with one attached hydrogen (secondary N) is 1. The van der Waals surface area contributed by atoms with Crippen LogP contribution in [0.25, 0.3) is 27.7 Å². The third-order valence-electron chi connectivity index (χ3n) is 8.85. The summed E-state index contributed by atoms with van der Waals surface area (Å²) < 4.78 is 28.0. The van der Waals surface area contributed by atoms with Crippen LogP contribution in [0.1, 0.15) is 48.3 Å². The molecule has 244 valence electrons. The zero-order valence-electron chi connectivity index (χ0n) is 27.0. The van der Waals surface area contributed by atoms with Gasteiger partial charge in [0, 0.05) is 53.6 Å². The van der Waals surface area contributed by atoms with Gasteiger partial charge >= 0.3 is 0 Å². The second kappa shape index (κ2) is 12.9. The van der Waals surface area contributed by atoms with Gasteiger partial charge in [-0.3, -0.25) is 4.79 Å². The number of nitrogen functional groups attached to an aromatic ring is 1. The lowest BCUT2D eigenvalue weighted by atomic mass is 10.0. The van der Waals surface area contributed by atoms with Crippen molar-refractivity contribution in [3.8, 4) is 34.1 Å². The quantitative estimate of drug-likeness (QED) is 0.159. The van der Waals surface area contributed by atoms with Gasteiger partial charge in [-0.1, -0.05) is 12.1 Å². The number of benzene rings is 3. The van der Waals surface area contributed by atoms with Crippen molar-refractivity contribution >= 4 is 22.5 Å². The molecule has 10 nitrogen and oxygen atoms in total. The van der Waals surface area contributed by atoms with E-state index in [1.54, 1.807) is 42.7 Å². The molecule has 11 heteroatoms. The highest BCUT2D eigenvalue weighted by Crippen LogP contribution is 2.36. The van der Waals surface area contributed by atoms with Crippen LogP contribution >= 0.6 is 0 Å². The predicted molar refractivity (Wildman–Crippen MR) is 182 cm³/mol. The molecule has 1 fully saturated rings. The fourth-order valence-corrected chi connectivity index (χ4v) is 6.14. The summed E-state index contributed by atoms with van der Waals surface area (Å²) in [4.78, 5) is 28.0. The van der Waals surface area contributed by atoms with Crippen LogP contribution in [0, 0.1) is 12.7 Å². The molecule has 6 aromatic rings. The Morgan fingerprint density at radius 2 is 1.75 bits per heavy atom. The van der Waals surface area contributed by atoms with Crippen LogP contribution in [-0.4, -0.2) is 60.7 Å². The summed E-state index contributed by atoms with van der Waals surface area (Å²) in [6, 6.07) is 17.8. The number of ketones is 1. The first-order valence-electron chi connectivity index (χ1n) is 16.0. The van der Waals surface area contributed by atoms with Crippen LogP contribution < -0.4 is 15.2 Å². The van der Waals surface area contributed by atoms with Gasteiger partial charge < -0.3 is 25.1 Å². The average Bonchev–Trinajstić information content (AvgIpc) is 3.69. The van der Waals surface area contributed by atoms with E-state index in [1.165, 1.54) is 23.3 Å². The SMILES string of the molecule is Cc1cc(-n2ncc(C(=O)c3cc4cc(OC5CCN(C(C)C)CC5)c(-c5cncnc5)cc4[nH]3)c2N)ccc1Oc1ccccc1F. The van der Waals surface area contributed by atoms with Crippen molar-refractivity contribution in [3.05, 3.63) is 108 Å². The van der Waals surface area contributed by atoms with Crippen LogP contribution in [0.3, 0.4) is 0 Å². The van der Waals surface area contributed by atoms with Crippen LogP contribution in [0.5, 0.6) is 17.2 Å². The third kappa shape index (κ3) is 6.12. The highest BCUT2D eigenvalue weighted by Gasteiger charge is 2.25. The van der Waals surface area contributed by atoms with Gasteiger partial charge in [-0.05, 0) is 87.7 Å². The number of rotatable bonds is 9. The minimum atomic E-state index is -0.450. The number of aryl methyl sites for hydroxylation is 1. The number of aromatic nitrogens is 5. The average molecular weight is 646 g/mol. The summed E-state index contributed by atoms with van der Waals surface area (Å²) in [6.45, 7) is 8.25. The fraction of sp³-hybridized carbons (Fsp3) is 0.243. The minimum Gasteiger partial charge on any atom is -0.490 e. The molecule has 0 bridgehead atoms. The largest absolute Gasteiger partial charge is 0.490 e. The molecule has 0 atom stereocenters. The molecule has 0 unspecified atom stereocenters. The number of likely N-dealkylation sites (tertiary alicyclic amines) is 1. The number of hydrogen-bond donors (Lipinski definition) is 2. The van der Waals surface area contributed by atoms with E-state index in [9.17, 15) is 9.18 Å². The molecule has 3 aromatic heterocycles. The number of hydrogen-bond acceptors (Lipinski definition) is 8. The Labute approximate surface area is 277 Å². The molecule has 0 spiro atoms. The summed E-state index contributed by atoms with van der Waals surface area (Å²) in [5, 5.41) is 5.26. The van der Waals surface area contributed by atoms with Crippen molar-refractivity contribution in [2.45, 2.75) is 45.8 Å². The fourth-order valence-electron chi connectivity index (χ4n) is 6.14. The Bertz CT molecular complexity index is 2100. The molecule has 0 saturated carbocycles. The molecule has 3 N–H and O–H groups in total. The molecule has 1 aliphatic rings. The number of aromatic amines is 1. The smallest absolute Gasteiger partial charge is 0.214 e. The summed E-state index contributed by atoms with van der Waals surface area (Å²) in [5.74, 6) is 0.805. The zero-order valence-corrected chi connectivity index (χ0v) is 27.0. The third-order valence-corrected chi connectivity index (χ3v) is 8.85. The molecule has 1 saturated heterocycles. The summed E-state index contributed by atoms with van der Waals surface area (Å²) in [6.07, 6.45) is 8.42. The Kier molecular flexibility index (Phi) is 8.36. The van der Waals surface area contributed by atoms with Crippen molar-refractivity contribution in [3.63, 3.8) is 0 Å². The standard InChI is InChI=1S/C37H36FN7O3/c1-22(2)44-12-10-27(11-13-44)47-35-16-24-15-32(43-31(24)17-28(35)25-18-40-21-41-19-25)36(46)29-20-42-45(37(29)39)26-8-9-33(23(3)14-26)48-34-7-5-4-6-30(34)38/h4-9,14-22,27,43H,10-13,39H2,1-3H3. The molecular formula is C37H36FN7O3. The predicted octanol–water partition coefficient (Wildman–Crippen LogP) is 7.12. The van der Waals surface area contributed by atoms with Gasteiger partial charge in [0.1, 0.15) is 29.7 Å². The van der Waals surface area contributed by atoms with Crippen molar-refractivity contribution < 1.29 is 18.7 Å². The van der Waals surface area contributed by atoms with Crippen molar-refractivity contribution in [2.24, 2.45) is 0 Å². The van der Waals surface area contributed by atoms with Gasteiger partial charge in [0.15, 0.2) is 11.6 Å². The Balaban J connectivity index is 1.16. The molecular weight excluding hydrogens is 609 g/mol. The van der Waals surface area contributed by atoms with Gasteiger partial charge in [-0.25, -0.2) is 19.0 Å². The van der Waals surface area contributed by atoms with Crippen LogP contribution in [0.4, 0.5) is 10.2 Å². The van der Waals surface area contributed by atoms with Crippen molar-refractivity contribution in [1.29, 1.82) is 0 Å². The normalized spacial score (nSPS) is 14.1. The van der Waals surface area contributed by atoms with Gasteiger partial charge in [-0.15, -0.1) is 0 Å². The number of piperidine rings is 1. The van der Waals surface area contributed by atoms with Gasteiger partial charge in [0.25, 0.3) is 0 Å². The summed E-state index contributed by atoms with van der Waals surface area (Å²) in [5.41, 5.74) is 11.0. The number of para-hydroxylation sites is 1. The lowest BCUT2D eigenvalue weighted by Gasteiger charge is -2.34. The van der Waals surface area contributed by atoms with Crippen LogP contribution in [0.2, 0.25) is 0 Å². The van der Waals surface area contributed by atoms with Gasteiger partial charge in [0.2, 0.25) is 5.78 Å². The van der Waals surface area contributed by atoms with Crippen molar-refractivity contribution in [2.75, 3.05) is 18.8 Å². The number of nitrogens with two attached hydrogens (primary N) is 1. The maximum Gasteiger partial charge on any atom is 0.214 e.